The van der Waals surface area contributed by atoms with E-state index in [1.165, 1.54) is 6.08 Å². The van der Waals surface area contributed by atoms with Crippen molar-refractivity contribution in [2.24, 2.45) is 5.92 Å². The predicted octanol–water partition coefficient (Wildman–Crippen LogP) is 2.05. The van der Waals surface area contributed by atoms with E-state index < -0.39 is 11.9 Å². The molecule has 1 atom stereocenters. The zero-order valence-electron chi connectivity index (χ0n) is 8.61. The van der Waals surface area contributed by atoms with Crippen LogP contribution in [0.1, 0.15) is 38.5 Å². The molecule has 1 rings (SSSR count). The van der Waals surface area contributed by atoms with Gasteiger partial charge in [0, 0.05) is 12.5 Å². The number of carboxylic acids is 2. The van der Waals surface area contributed by atoms with Gasteiger partial charge in [0.25, 0.3) is 0 Å². The van der Waals surface area contributed by atoms with Crippen molar-refractivity contribution in [3.8, 4) is 0 Å². The second kappa shape index (κ2) is 5.53. The molecule has 0 heterocycles. The summed E-state index contributed by atoms with van der Waals surface area (Å²) in [5.74, 6) is -1.58. The Balaban J connectivity index is 2.57. The second-order valence-electron chi connectivity index (χ2n) is 3.93. The molecule has 84 valence electrons. The van der Waals surface area contributed by atoms with Crippen LogP contribution in [0.2, 0.25) is 0 Å². The Bertz CT molecular complexity index is 280. The van der Waals surface area contributed by atoms with Crippen molar-refractivity contribution in [1.29, 1.82) is 0 Å². The van der Waals surface area contributed by atoms with Crippen molar-refractivity contribution in [2.75, 3.05) is 0 Å². The molecule has 0 saturated heterocycles. The van der Waals surface area contributed by atoms with Gasteiger partial charge in [-0.3, -0.25) is 4.79 Å². The first kappa shape index (κ1) is 11.8. The van der Waals surface area contributed by atoms with Crippen LogP contribution in [-0.4, -0.2) is 22.2 Å². The van der Waals surface area contributed by atoms with Crippen LogP contribution >= 0.6 is 0 Å². The third-order valence-electron chi connectivity index (χ3n) is 2.81. The van der Waals surface area contributed by atoms with Crippen molar-refractivity contribution in [2.45, 2.75) is 38.5 Å². The van der Waals surface area contributed by atoms with Crippen LogP contribution in [0.5, 0.6) is 0 Å². The average Bonchev–Trinajstić information content (AvgIpc) is 2.15. The van der Waals surface area contributed by atoms with E-state index in [4.69, 9.17) is 10.2 Å². The minimum atomic E-state index is -0.924. The van der Waals surface area contributed by atoms with E-state index in [1.54, 1.807) is 0 Å². The Hall–Kier alpha value is -1.32. The zero-order valence-corrected chi connectivity index (χ0v) is 8.61. The van der Waals surface area contributed by atoms with E-state index in [0.717, 1.165) is 31.3 Å². The molecule has 2 N–H and O–H groups in total. The van der Waals surface area contributed by atoms with E-state index in [9.17, 15) is 9.59 Å². The molecule has 1 unspecified atom stereocenters. The number of carboxylic acid groups (broad SMARTS) is 2. The first-order valence-electron chi connectivity index (χ1n) is 5.25. The lowest BCUT2D eigenvalue weighted by atomic mass is 9.81. The zero-order chi connectivity index (χ0) is 11.3. The molecule has 0 aromatic carbocycles. The summed E-state index contributed by atoms with van der Waals surface area (Å²) >= 11 is 0. The van der Waals surface area contributed by atoms with Crippen molar-refractivity contribution in [3.05, 3.63) is 11.6 Å². The van der Waals surface area contributed by atoms with Crippen LogP contribution in [0.25, 0.3) is 0 Å². The van der Waals surface area contributed by atoms with E-state index in [0.29, 0.717) is 6.42 Å². The minimum Gasteiger partial charge on any atom is -0.481 e. The summed E-state index contributed by atoms with van der Waals surface area (Å²) in [6, 6.07) is 0. The fraction of sp³-hybridized carbons (Fsp3) is 0.636. The molecule has 1 fully saturated rings. The monoisotopic (exact) mass is 212 g/mol. The molecule has 0 amide bonds. The van der Waals surface area contributed by atoms with E-state index in [1.807, 2.05) is 0 Å². The van der Waals surface area contributed by atoms with E-state index >= 15 is 0 Å². The van der Waals surface area contributed by atoms with Gasteiger partial charge in [-0.25, -0.2) is 4.79 Å². The molecule has 1 aliphatic rings. The first-order chi connectivity index (χ1) is 7.09. The van der Waals surface area contributed by atoms with Crippen molar-refractivity contribution in [3.63, 3.8) is 0 Å². The van der Waals surface area contributed by atoms with E-state index in [-0.39, 0.29) is 12.3 Å². The molecule has 1 aliphatic carbocycles. The van der Waals surface area contributed by atoms with Crippen LogP contribution in [0.3, 0.4) is 0 Å². The number of allylic oxidation sites excluding steroid dienone is 1. The lowest BCUT2D eigenvalue weighted by Gasteiger charge is -2.24. The molecular weight excluding hydrogens is 196 g/mol. The molecular formula is C11H16O4. The van der Waals surface area contributed by atoms with Gasteiger partial charge in [-0.05, 0) is 31.6 Å². The standard InChI is InChI=1S/C11H16O4/c12-10(13)6-5-8-3-1-2-4-9(8)7-11(14)15/h7-8H,1-6H2,(H,12,13)(H,14,15)/b9-7-. The highest BCUT2D eigenvalue weighted by Gasteiger charge is 2.20. The highest BCUT2D eigenvalue weighted by molar-refractivity contribution is 5.80. The molecule has 15 heavy (non-hydrogen) atoms. The van der Waals surface area contributed by atoms with Gasteiger partial charge >= 0.3 is 11.9 Å². The molecule has 0 radical (unpaired) electrons. The summed E-state index contributed by atoms with van der Waals surface area (Å²) in [5.41, 5.74) is 0.912. The second-order valence-corrected chi connectivity index (χ2v) is 3.93. The van der Waals surface area contributed by atoms with Crippen LogP contribution in [0.15, 0.2) is 11.6 Å². The molecule has 0 spiro atoms. The molecule has 0 aliphatic heterocycles. The van der Waals surface area contributed by atoms with E-state index in [2.05, 4.69) is 0 Å². The van der Waals surface area contributed by atoms with Crippen LogP contribution in [0.4, 0.5) is 0 Å². The lowest BCUT2D eigenvalue weighted by molar-refractivity contribution is -0.137. The molecule has 4 nitrogen and oxygen atoms in total. The van der Waals surface area contributed by atoms with Gasteiger partial charge in [-0.2, -0.15) is 0 Å². The quantitative estimate of drug-likeness (QED) is 0.699. The third kappa shape index (κ3) is 4.14. The maximum Gasteiger partial charge on any atom is 0.328 e. The average molecular weight is 212 g/mol. The largest absolute Gasteiger partial charge is 0.481 e. The molecule has 0 aromatic rings. The highest BCUT2D eigenvalue weighted by Crippen LogP contribution is 2.32. The van der Waals surface area contributed by atoms with Gasteiger partial charge in [0.05, 0.1) is 0 Å². The summed E-state index contributed by atoms with van der Waals surface area (Å²) < 4.78 is 0. The Morgan fingerprint density at radius 3 is 2.67 bits per heavy atom. The normalized spacial score (nSPS) is 24.0. The summed E-state index contributed by atoms with van der Waals surface area (Å²) in [7, 11) is 0. The van der Waals surface area contributed by atoms with Gasteiger partial charge in [0.2, 0.25) is 0 Å². The topological polar surface area (TPSA) is 74.6 Å². The fourth-order valence-corrected chi connectivity index (χ4v) is 2.09. The van der Waals surface area contributed by atoms with Crippen LogP contribution in [0, 0.1) is 5.92 Å². The molecule has 1 saturated carbocycles. The number of hydrogen-bond acceptors (Lipinski definition) is 2. The number of carbonyl (C=O) groups is 2. The molecule has 4 heteroatoms. The van der Waals surface area contributed by atoms with Gasteiger partial charge in [-0.1, -0.05) is 12.0 Å². The number of hydrogen-bond donors (Lipinski definition) is 2. The number of aliphatic carboxylic acids is 2. The smallest absolute Gasteiger partial charge is 0.328 e. The molecule has 0 aromatic heterocycles. The Morgan fingerprint density at radius 2 is 2.07 bits per heavy atom. The lowest BCUT2D eigenvalue weighted by Crippen LogP contribution is -2.13. The van der Waals surface area contributed by atoms with Gasteiger partial charge in [0.1, 0.15) is 0 Å². The van der Waals surface area contributed by atoms with Crippen molar-refractivity contribution < 1.29 is 19.8 Å². The van der Waals surface area contributed by atoms with Crippen molar-refractivity contribution >= 4 is 11.9 Å². The SMILES string of the molecule is O=C(O)/C=C1/CCCCC1CCC(=O)O. The first-order valence-corrected chi connectivity index (χ1v) is 5.25. The summed E-state index contributed by atoms with van der Waals surface area (Å²) in [6.45, 7) is 0. The summed E-state index contributed by atoms with van der Waals surface area (Å²) in [5, 5.41) is 17.2. The van der Waals surface area contributed by atoms with Gasteiger partial charge in [0.15, 0.2) is 0 Å². The van der Waals surface area contributed by atoms with Crippen LogP contribution in [-0.2, 0) is 9.59 Å². The van der Waals surface area contributed by atoms with Gasteiger partial charge in [-0.15, -0.1) is 0 Å². The summed E-state index contributed by atoms with van der Waals surface area (Å²) in [6.07, 6.45) is 5.76. The number of rotatable bonds is 4. The minimum absolute atomic E-state index is 0.127. The Kier molecular flexibility index (Phi) is 4.34. The third-order valence-corrected chi connectivity index (χ3v) is 2.81. The predicted molar refractivity (Wildman–Crippen MR) is 54.5 cm³/mol. The fourth-order valence-electron chi connectivity index (χ4n) is 2.09. The Morgan fingerprint density at radius 1 is 1.33 bits per heavy atom. The van der Waals surface area contributed by atoms with Crippen LogP contribution < -0.4 is 0 Å². The van der Waals surface area contributed by atoms with Crippen molar-refractivity contribution in [1.82, 2.24) is 0 Å². The maximum atomic E-state index is 10.6. The maximum absolute atomic E-state index is 10.6. The summed E-state index contributed by atoms with van der Waals surface area (Å²) in [4.78, 5) is 21.0. The Labute approximate surface area is 88.6 Å². The van der Waals surface area contributed by atoms with Gasteiger partial charge < -0.3 is 10.2 Å². The molecule has 0 bridgehead atoms. The highest BCUT2D eigenvalue weighted by atomic mass is 16.4.